The molecule has 0 radical (unpaired) electrons. The summed E-state index contributed by atoms with van der Waals surface area (Å²) >= 11 is 12.6. The van der Waals surface area contributed by atoms with E-state index in [1.807, 2.05) is 24.3 Å². The highest BCUT2D eigenvalue weighted by molar-refractivity contribution is 6.35. The van der Waals surface area contributed by atoms with E-state index in [4.69, 9.17) is 27.9 Å². The third-order valence-electron chi connectivity index (χ3n) is 7.38. The predicted molar refractivity (Wildman–Crippen MR) is 143 cm³/mol. The van der Waals surface area contributed by atoms with Crippen molar-refractivity contribution in [1.29, 1.82) is 0 Å². The number of rotatable bonds is 4. The van der Waals surface area contributed by atoms with Gasteiger partial charge in [0.2, 0.25) is 0 Å². The molecule has 0 bridgehead atoms. The molecule has 0 saturated carbocycles. The molecule has 1 heterocycles. The van der Waals surface area contributed by atoms with Crippen LogP contribution in [0.1, 0.15) is 70.4 Å². The average molecular weight is 524 g/mol. The van der Waals surface area contributed by atoms with Crippen LogP contribution in [0.2, 0.25) is 10.0 Å². The Bertz CT molecular complexity index is 1250. The second-order valence-electron chi connectivity index (χ2n) is 11.8. The van der Waals surface area contributed by atoms with Gasteiger partial charge in [0.15, 0.2) is 11.6 Å². The molecular formula is C30H31Cl2NO3. The maximum Gasteiger partial charge on any atom is 0.162 e. The molecule has 0 amide bonds. The minimum atomic E-state index is -0.351. The van der Waals surface area contributed by atoms with Gasteiger partial charge in [0.1, 0.15) is 12.4 Å². The number of halogens is 2. The molecule has 1 aliphatic heterocycles. The number of hydrogen-bond acceptors (Lipinski definition) is 4. The van der Waals surface area contributed by atoms with Crippen LogP contribution in [0.4, 0.5) is 0 Å². The van der Waals surface area contributed by atoms with Gasteiger partial charge in [-0.1, -0.05) is 69.1 Å². The third kappa shape index (κ3) is 4.73. The Morgan fingerprint density at radius 2 is 1.31 bits per heavy atom. The number of carbonyl (C=O) groups excluding carboxylic acids is 2. The van der Waals surface area contributed by atoms with Gasteiger partial charge in [-0.3, -0.25) is 9.59 Å². The number of nitrogens with one attached hydrogen (secondary N) is 1. The molecule has 1 N–H and O–H groups in total. The van der Waals surface area contributed by atoms with Gasteiger partial charge in [-0.2, -0.15) is 0 Å². The number of benzene rings is 2. The number of Topliss-reactive ketones (excluding diaryl/α,β-unsaturated/α-hetero) is 2. The Labute approximate surface area is 222 Å². The van der Waals surface area contributed by atoms with Crippen molar-refractivity contribution in [3.8, 4) is 5.75 Å². The van der Waals surface area contributed by atoms with E-state index in [1.54, 1.807) is 18.2 Å². The molecule has 0 fully saturated rings. The van der Waals surface area contributed by atoms with Gasteiger partial charge in [0.05, 0.1) is 0 Å². The highest BCUT2D eigenvalue weighted by atomic mass is 35.5. The number of hydrogen-bond donors (Lipinski definition) is 1. The van der Waals surface area contributed by atoms with E-state index >= 15 is 0 Å². The topological polar surface area (TPSA) is 55.4 Å². The molecule has 5 rings (SSSR count). The monoisotopic (exact) mass is 523 g/mol. The maximum atomic E-state index is 13.4. The Morgan fingerprint density at radius 1 is 0.806 bits per heavy atom. The summed E-state index contributed by atoms with van der Waals surface area (Å²) in [6.07, 6.45) is 2.53. The highest BCUT2D eigenvalue weighted by Gasteiger charge is 2.46. The molecule has 0 unspecified atom stereocenters. The number of carbonyl (C=O) groups is 2. The van der Waals surface area contributed by atoms with Crippen molar-refractivity contribution in [2.24, 2.45) is 10.8 Å². The molecule has 0 aromatic heterocycles. The summed E-state index contributed by atoms with van der Waals surface area (Å²) in [5.74, 6) is 0.558. The fourth-order valence-electron chi connectivity index (χ4n) is 5.80. The van der Waals surface area contributed by atoms with Crippen LogP contribution in [-0.2, 0) is 16.2 Å². The molecule has 0 spiro atoms. The zero-order valence-electron chi connectivity index (χ0n) is 21.1. The van der Waals surface area contributed by atoms with Crippen LogP contribution in [0.15, 0.2) is 65.0 Å². The first-order chi connectivity index (χ1) is 16.9. The largest absolute Gasteiger partial charge is 0.489 e. The third-order valence-corrected chi connectivity index (χ3v) is 8.09. The molecule has 36 heavy (non-hydrogen) atoms. The number of ether oxygens (including phenoxy) is 1. The van der Waals surface area contributed by atoms with Crippen molar-refractivity contribution in [3.63, 3.8) is 0 Å². The zero-order chi connectivity index (χ0) is 25.8. The van der Waals surface area contributed by atoms with Crippen LogP contribution in [-0.4, -0.2) is 11.6 Å². The summed E-state index contributed by atoms with van der Waals surface area (Å²) in [5.41, 5.74) is 4.88. The smallest absolute Gasteiger partial charge is 0.162 e. The molecule has 6 heteroatoms. The molecule has 2 aromatic carbocycles. The van der Waals surface area contributed by atoms with Crippen molar-refractivity contribution in [1.82, 2.24) is 5.32 Å². The predicted octanol–water partition coefficient (Wildman–Crippen LogP) is 7.55. The Balaban J connectivity index is 1.50. The van der Waals surface area contributed by atoms with Crippen LogP contribution in [0.25, 0.3) is 0 Å². The molecule has 188 valence electrons. The Hall–Kier alpha value is -2.56. The van der Waals surface area contributed by atoms with E-state index in [1.165, 1.54) is 0 Å². The number of dihydropyridines is 1. The maximum absolute atomic E-state index is 13.4. The van der Waals surface area contributed by atoms with Crippen molar-refractivity contribution in [2.75, 3.05) is 0 Å². The van der Waals surface area contributed by atoms with E-state index in [-0.39, 0.29) is 34.9 Å². The van der Waals surface area contributed by atoms with Crippen molar-refractivity contribution in [3.05, 3.63) is 86.2 Å². The van der Waals surface area contributed by atoms with Crippen LogP contribution in [0.5, 0.6) is 5.75 Å². The molecule has 2 aliphatic carbocycles. The quantitative estimate of drug-likeness (QED) is 0.449. The summed E-state index contributed by atoms with van der Waals surface area (Å²) in [4.78, 5) is 26.9. The van der Waals surface area contributed by atoms with Crippen molar-refractivity contribution in [2.45, 2.75) is 65.9 Å². The zero-order valence-corrected chi connectivity index (χ0v) is 22.6. The van der Waals surface area contributed by atoms with Crippen LogP contribution < -0.4 is 10.1 Å². The molecule has 0 atom stereocenters. The Morgan fingerprint density at radius 3 is 1.81 bits per heavy atom. The van der Waals surface area contributed by atoms with E-state index in [0.717, 1.165) is 46.5 Å². The van der Waals surface area contributed by atoms with E-state index in [2.05, 4.69) is 33.0 Å². The number of ketones is 2. The van der Waals surface area contributed by atoms with Crippen molar-refractivity contribution < 1.29 is 14.3 Å². The summed E-state index contributed by atoms with van der Waals surface area (Å²) in [6.45, 7) is 8.76. The average Bonchev–Trinajstić information content (AvgIpc) is 2.76. The summed E-state index contributed by atoms with van der Waals surface area (Å²) in [7, 11) is 0. The van der Waals surface area contributed by atoms with Gasteiger partial charge < -0.3 is 10.1 Å². The summed E-state index contributed by atoms with van der Waals surface area (Å²) < 4.78 is 5.97. The SMILES string of the molecule is CC1(C)CC(=O)C2=C(C1)NC1=C(C(=O)CC(C)(C)C1)C2c1ccc(OCc2c(Cl)cccc2Cl)cc1. The van der Waals surface area contributed by atoms with Gasteiger partial charge in [0, 0.05) is 56.9 Å². The first kappa shape index (κ1) is 25.1. The Kier molecular flexibility index (Phi) is 6.33. The lowest BCUT2D eigenvalue weighted by atomic mass is 9.64. The first-order valence-electron chi connectivity index (χ1n) is 12.4. The van der Waals surface area contributed by atoms with E-state index in [9.17, 15) is 9.59 Å². The lowest BCUT2D eigenvalue weighted by molar-refractivity contribution is -0.119. The minimum absolute atomic E-state index is 0.114. The lowest BCUT2D eigenvalue weighted by Gasteiger charge is -2.44. The molecule has 4 nitrogen and oxygen atoms in total. The molecule has 0 saturated heterocycles. The molecule has 2 aromatic rings. The van der Waals surface area contributed by atoms with Gasteiger partial charge in [-0.05, 0) is 53.5 Å². The van der Waals surface area contributed by atoms with E-state index in [0.29, 0.717) is 28.6 Å². The van der Waals surface area contributed by atoms with Gasteiger partial charge >= 0.3 is 0 Å². The standard InChI is InChI=1S/C30H31Cl2NO3/c1-29(2)12-22-27(24(34)14-29)26(28-23(33-22)13-30(3,4)15-25(28)35)17-8-10-18(11-9-17)36-16-19-20(31)6-5-7-21(19)32/h5-11,26,33H,12-16H2,1-4H3. The highest BCUT2D eigenvalue weighted by Crippen LogP contribution is 2.51. The fourth-order valence-corrected chi connectivity index (χ4v) is 6.31. The fraction of sp³-hybridized carbons (Fsp3) is 0.400. The first-order valence-corrected chi connectivity index (χ1v) is 13.1. The minimum Gasteiger partial charge on any atom is -0.489 e. The second kappa shape index (κ2) is 9.08. The van der Waals surface area contributed by atoms with Gasteiger partial charge in [-0.15, -0.1) is 0 Å². The summed E-state index contributed by atoms with van der Waals surface area (Å²) in [5, 5.41) is 4.68. The van der Waals surface area contributed by atoms with Gasteiger partial charge in [-0.25, -0.2) is 0 Å². The lowest BCUT2D eigenvalue weighted by Crippen LogP contribution is -2.42. The van der Waals surface area contributed by atoms with Crippen molar-refractivity contribution >= 4 is 34.8 Å². The van der Waals surface area contributed by atoms with Gasteiger partial charge in [0.25, 0.3) is 0 Å². The van der Waals surface area contributed by atoms with E-state index < -0.39 is 0 Å². The summed E-state index contributed by atoms with van der Waals surface area (Å²) in [6, 6.07) is 13.1. The molecular weight excluding hydrogens is 493 g/mol. The number of allylic oxidation sites excluding steroid dienone is 4. The van der Waals surface area contributed by atoms with Crippen LogP contribution in [0.3, 0.4) is 0 Å². The van der Waals surface area contributed by atoms with Crippen LogP contribution >= 0.6 is 23.2 Å². The normalized spacial score (nSPS) is 21.2. The second-order valence-corrected chi connectivity index (χ2v) is 12.6. The van der Waals surface area contributed by atoms with Crippen LogP contribution in [0, 0.1) is 10.8 Å². The molecule has 3 aliphatic rings.